The van der Waals surface area contributed by atoms with Crippen LogP contribution >= 0.6 is 0 Å². The molecule has 0 unspecified atom stereocenters. The second-order valence-corrected chi connectivity index (χ2v) is 6.56. The number of hydrogen-bond donors (Lipinski definition) is 2. The van der Waals surface area contributed by atoms with Gasteiger partial charge in [-0.15, -0.1) is 0 Å². The van der Waals surface area contributed by atoms with E-state index in [0.29, 0.717) is 0 Å². The number of rotatable bonds is 4. The molecule has 4 amide bonds. The number of carbonyl (C=O) groups is 4. The predicted molar refractivity (Wildman–Crippen MR) is 102 cm³/mol. The topological polar surface area (TPSA) is 95.6 Å². The van der Waals surface area contributed by atoms with Gasteiger partial charge in [0.15, 0.2) is 0 Å². The van der Waals surface area contributed by atoms with Gasteiger partial charge in [0, 0.05) is 31.0 Å². The van der Waals surface area contributed by atoms with Gasteiger partial charge in [-0.05, 0) is 42.5 Å². The molecule has 0 aromatic heterocycles. The smallest absolute Gasteiger partial charge is 0.326 e. The number of alkyl halides is 3. The van der Waals surface area contributed by atoms with Crippen LogP contribution in [0.2, 0.25) is 0 Å². The van der Waals surface area contributed by atoms with E-state index >= 15 is 0 Å². The molecule has 7 nitrogen and oxygen atoms in total. The van der Waals surface area contributed by atoms with Crippen molar-refractivity contribution >= 4 is 40.7 Å². The average molecular weight is 419 g/mol. The Hall–Kier alpha value is -3.69. The zero-order valence-corrected chi connectivity index (χ0v) is 15.7. The van der Waals surface area contributed by atoms with E-state index in [9.17, 15) is 32.3 Å². The van der Waals surface area contributed by atoms with Gasteiger partial charge in [-0.3, -0.25) is 24.1 Å². The predicted octanol–water partition coefficient (Wildman–Crippen LogP) is 3.57. The van der Waals surface area contributed by atoms with Crippen molar-refractivity contribution in [1.82, 2.24) is 0 Å². The molecule has 1 heterocycles. The minimum Gasteiger partial charge on any atom is -0.326 e. The van der Waals surface area contributed by atoms with E-state index in [2.05, 4.69) is 10.6 Å². The number of nitrogens with one attached hydrogen (secondary N) is 2. The fourth-order valence-corrected chi connectivity index (χ4v) is 2.99. The molecule has 2 aromatic rings. The van der Waals surface area contributed by atoms with E-state index in [1.807, 2.05) is 0 Å². The summed E-state index contributed by atoms with van der Waals surface area (Å²) in [5.74, 6) is -2.05. The molecule has 0 aliphatic carbocycles. The summed E-state index contributed by atoms with van der Waals surface area (Å²) >= 11 is 0. The number of halogens is 3. The Kier molecular flexibility index (Phi) is 5.59. The molecule has 3 rings (SSSR count). The van der Waals surface area contributed by atoms with Crippen molar-refractivity contribution < 1.29 is 32.3 Å². The van der Waals surface area contributed by atoms with E-state index in [1.165, 1.54) is 30.3 Å². The highest BCUT2D eigenvalue weighted by Crippen LogP contribution is 2.37. The zero-order chi connectivity index (χ0) is 22.1. The lowest BCUT2D eigenvalue weighted by molar-refractivity contribution is -0.137. The van der Waals surface area contributed by atoms with Gasteiger partial charge in [-0.2, -0.15) is 13.2 Å². The summed E-state index contributed by atoms with van der Waals surface area (Å²) in [5, 5.41) is 4.46. The zero-order valence-electron chi connectivity index (χ0n) is 15.7. The molecule has 2 aromatic carbocycles. The fourth-order valence-electron chi connectivity index (χ4n) is 2.99. The molecule has 0 saturated carbocycles. The first-order chi connectivity index (χ1) is 14.1. The van der Waals surface area contributed by atoms with E-state index < -0.39 is 29.2 Å². The van der Waals surface area contributed by atoms with Crippen molar-refractivity contribution in [2.24, 2.45) is 0 Å². The van der Waals surface area contributed by atoms with E-state index in [1.54, 1.807) is 0 Å². The number of imide groups is 1. The van der Waals surface area contributed by atoms with Crippen LogP contribution in [0.3, 0.4) is 0 Å². The number of nitrogens with zero attached hydrogens (tertiary/aromatic N) is 1. The summed E-state index contributed by atoms with van der Waals surface area (Å²) in [5.41, 5.74) is -1.33. The Balaban J connectivity index is 1.82. The molecule has 30 heavy (non-hydrogen) atoms. The molecule has 10 heteroatoms. The molecule has 2 N–H and O–H groups in total. The van der Waals surface area contributed by atoms with Gasteiger partial charge in [0.2, 0.25) is 17.7 Å². The minimum absolute atomic E-state index is 0.0388. The van der Waals surface area contributed by atoms with Crippen molar-refractivity contribution in [3.8, 4) is 0 Å². The van der Waals surface area contributed by atoms with Crippen LogP contribution < -0.4 is 15.5 Å². The van der Waals surface area contributed by atoms with Crippen LogP contribution in [0.25, 0.3) is 0 Å². The van der Waals surface area contributed by atoms with Gasteiger partial charge >= 0.3 is 6.18 Å². The van der Waals surface area contributed by atoms with Crippen molar-refractivity contribution in [3.05, 3.63) is 53.6 Å². The Morgan fingerprint density at radius 2 is 1.53 bits per heavy atom. The monoisotopic (exact) mass is 419 g/mol. The average Bonchev–Trinajstić information content (AvgIpc) is 3.00. The second kappa shape index (κ2) is 7.97. The third-order valence-electron chi connectivity index (χ3n) is 4.33. The molecular weight excluding hydrogens is 403 g/mol. The Morgan fingerprint density at radius 3 is 2.07 bits per heavy atom. The number of amides is 4. The lowest BCUT2D eigenvalue weighted by atomic mass is 10.1. The molecule has 0 radical (unpaired) electrons. The molecule has 156 valence electrons. The highest BCUT2D eigenvalue weighted by Gasteiger charge is 2.34. The van der Waals surface area contributed by atoms with Gasteiger partial charge in [0.25, 0.3) is 5.91 Å². The quantitative estimate of drug-likeness (QED) is 0.741. The molecule has 0 spiro atoms. The Labute approximate surface area is 168 Å². The first-order valence-electron chi connectivity index (χ1n) is 8.82. The standard InChI is InChI=1S/C20H16F3N3O4/c1-11(27)24-13-4-7-16(15(10-13)20(21,22)23)25-19(30)12-2-5-14(6-3-12)26-17(28)8-9-18(26)29/h2-7,10H,8-9H2,1H3,(H,24,27)(H,25,30). The summed E-state index contributed by atoms with van der Waals surface area (Å²) in [4.78, 5) is 48.0. The van der Waals surface area contributed by atoms with Crippen LogP contribution in [-0.4, -0.2) is 23.6 Å². The van der Waals surface area contributed by atoms with Crippen LogP contribution in [0.15, 0.2) is 42.5 Å². The SMILES string of the molecule is CC(=O)Nc1ccc(NC(=O)c2ccc(N3C(=O)CCC3=O)cc2)c(C(F)(F)F)c1. The van der Waals surface area contributed by atoms with E-state index in [0.717, 1.165) is 24.0 Å². The van der Waals surface area contributed by atoms with Crippen LogP contribution in [0.5, 0.6) is 0 Å². The Morgan fingerprint density at radius 1 is 0.933 bits per heavy atom. The number of benzene rings is 2. The first-order valence-corrected chi connectivity index (χ1v) is 8.82. The summed E-state index contributed by atoms with van der Waals surface area (Å²) in [6.45, 7) is 1.16. The van der Waals surface area contributed by atoms with Gasteiger partial charge in [-0.25, -0.2) is 0 Å². The van der Waals surface area contributed by atoms with Crippen LogP contribution in [0.1, 0.15) is 35.7 Å². The molecule has 0 bridgehead atoms. The molecule has 1 saturated heterocycles. The van der Waals surface area contributed by atoms with Crippen molar-refractivity contribution in [3.63, 3.8) is 0 Å². The Bertz CT molecular complexity index is 1020. The lowest BCUT2D eigenvalue weighted by Gasteiger charge is -2.16. The molecular formula is C20H16F3N3O4. The number of anilines is 3. The number of hydrogen-bond acceptors (Lipinski definition) is 4. The fraction of sp³-hybridized carbons (Fsp3) is 0.200. The van der Waals surface area contributed by atoms with Crippen molar-refractivity contribution in [2.75, 3.05) is 15.5 Å². The van der Waals surface area contributed by atoms with Gasteiger partial charge in [-0.1, -0.05) is 0 Å². The van der Waals surface area contributed by atoms with Crippen LogP contribution in [0.4, 0.5) is 30.2 Å². The van der Waals surface area contributed by atoms with E-state index in [-0.39, 0.29) is 41.6 Å². The van der Waals surface area contributed by atoms with Gasteiger partial charge < -0.3 is 10.6 Å². The second-order valence-electron chi connectivity index (χ2n) is 6.56. The molecule has 1 aliphatic heterocycles. The normalized spacial score (nSPS) is 14.1. The summed E-state index contributed by atoms with van der Waals surface area (Å²) in [6, 6.07) is 8.37. The van der Waals surface area contributed by atoms with Gasteiger partial charge in [0.05, 0.1) is 16.9 Å². The number of carbonyl (C=O) groups excluding carboxylic acids is 4. The highest BCUT2D eigenvalue weighted by atomic mass is 19.4. The lowest BCUT2D eigenvalue weighted by Crippen LogP contribution is -2.28. The minimum atomic E-state index is -4.77. The van der Waals surface area contributed by atoms with Crippen molar-refractivity contribution in [1.29, 1.82) is 0 Å². The largest absolute Gasteiger partial charge is 0.418 e. The van der Waals surface area contributed by atoms with Gasteiger partial charge in [0.1, 0.15) is 0 Å². The van der Waals surface area contributed by atoms with Crippen molar-refractivity contribution in [2.45, 2.75) is 25.9 Å². The van der Waals surface area contributed by atoms with E-state index in [4.69, 9.17) is 0 Å². The van der Waals surface area contributed by atoms with Crippen LogP contribution in [-0.2, 0) is 20.6 Å². The maximum absolute atomic E-state index is 13.4. The summed E-state index contributed by atoms with van der Waals surface area (Å²) < 4.78 is 40.2. The molecule has 1 aliphatic rings. The first kappa shape index (κ1) is 21.0. The summed E-state index contributed by atoms with van der Waals surface area (Å²) in [6.07, 6.45) is -4.55. The molecule has 1 fully saturated rings. The molecule has 0 atom stereocenters. The van der Waals surface area contributed by atoms with Crippen LogP contribution in [0, 0.1) is 0 Å². The highest BCUT2D eigenvalue weighted by molar-refractivity contribution is 6.20. The maximum Gasteiger partial charge on any atom is 0.418 e. The third kappa shape index (κ3) is 4.48. The third-order valence-corrected chi connectivity index (χ3v) is 4.33. The maximum atomic E-state index is 13.4. The summed E-state index contributed by atoms with van der Waals surface area (Å²) in [7, 11) is 0.